The number of hydrogen-bond acceptors (Lipinski definition) is 5. The maximum Gasteiger partial charge on any atom is 0.407 e. The Morgan fingerprint density at radius 1 is 1.40 bits per heavy atom. The van der Waals surface area contributed by atoms with Gasteiger partial charge in [-0.3, -0.25) is 4.79 Å². The highest BCUT2D eigenvalue weighted by molar-refractivity contribution is 5.75. The smallest absolute Gasteiger partial charge is 0.407 e. The number of carbonyl (C=O) groups excluding carboxylic acids is 2. The Bertz CT molecular complexity index is 365. The van der Waals surface area contributed by atoms with Gasteiger partial charge in [-0.15, -0.1) is 0 Å². The molecule has 1 amide bonds. The number of hydrogen-bond donors (Lipinski definition) is 1. The van der Waals surface area contributed by atoms with Crippen LogP contribution in [-0.4, -0.2) is 37.1 Å². The Labute approximate surface area is 118 Å². The van der Waals surface area contributed by atoms with Crippen LogP contribution in [0.5, 0.6) is 0 Å². The molecule has 1 saturated carbocycles. The topological polar surface area (TPSA) is 73.9 Å². The van der Waals surface area contributed by atoms with Gasteiger partial charge < -0.3 is 19.5 Å². The van der Waals surface area contributed by atoms with E-state index in [1.165, 1.54) is 12.5 Å². The molecule has 0 bridgehead atoms. The van der Waals surface area contributed by atoms with E-state index in [1.54, 1.807) is 0 Å². The highest BCUT2D eigenvalue weighted by atomic mass is 16.7. The lowest BCUT2D eigenvalue weighted by Gasteiger charge is -2.27. The van der Waals surface area contributed by atoms with Gasteiger partial charge in [0.05, 0.1) is 12.5 Å². The third-order valence-electron chi connectivity index (χ3n) is 3.48. The molecule has 1 saturated heterocycles. The Hall–Kier alpha value is -1.56. The predicted molar refractivity (Wildman–Crippen MR) is 70.9 cm³/mol. The maximum absolute atomic E-state index is 11.5. The minimum atomic E-state index is -0.707. The number of ether oxygens (including phenoxy) is 3. The molecule has 2 atom stereocenters. The van der Waals surface area contributed by atoms with E-state index in [-0.39, 0.29) is 25.1 Å². The van der Waals surface area contributed by atoms with Crippen molar-refractivity contribution in [2.75, 3.05) is 6.61 Å². The number of amides is 1. The predicted octanol–water partition coefficient (Wildman–Crippen LogP) is 1.89. The quantitative estimate of drug-likeness (QED) is 0.616. The van der Waals surface area contributed by atoms with Crippen LogP contribution in [-0.2, 0) is 19.0 Å². The Balaban J connectivity index is 1.83. The summed E-state index contributed by atoms with van der Waals surface area (Å²) in [6.07, 6.45) is 5.83. The zero-order valence-corrected chi connectivity index (χ0v) is 11.5. The first kappa shape index (κ1) is 14.8. The molecule has 1 aliphatic heterocycles. The summed E-state index contributed by atoms with van der Waals surface area (Å²) in [5.74, 6) is -0.361. The first-order chi connectivity index (χ1) is 9.69. The lowest BCUT2D eigenvalue weighted by Crippen LogP contribution is -2.43. The summed E-state index contributed by atoms with van der Waals surface area (Å²) >= 11 is 0. The average Bonchev–Trinajstić information content (AvgIpc) is 2.77. The molecule has 1 aliphatic carbocycles. The summed E-state index contributed by atoms with van der Waals surface area (Å²) < 4.78 is 15.8. The van der Waals surface area contributed by atoms with E-state index in [2.05, 4.69) is 11.9 Å². The van der Waals surface area contributed by atoms with E-state index in [0.29, 0.717) is 0 Å². The molecule has 0 radical (unpaired) electrons. The lowest BCUT2D eigenvalue weighted by molar-refractivity contribution is -0.178. The molecule has 2 rings (SSSR count). The van der Waals surface area contributed by atoms with Gasteiger partial charge in [0.25, 0.3) is 0 Å². The second-order valence-corrected chi connectivity index (χ2v) is 5.10. The fraction of sp³-hybridized carbons (Fsp3) is 0.714. The van der Waals surface area contributed by atoms with Crippen LogP contribution < -0.4 is 5.32 Å². The van der Waals surface area contributed by atoms with E-state index >= 15 is 0 Å². The maximum atomic E-state index is 11.5. The van der Waals surface area contributed by atoms with E-state index in [0.717, 1.165) is 25.7 Å². The van der Waals surface area contributed by atoms with E-state index < -0.39 is 18.4 Å². The van der Waals surface area contributed by atoms with Gasteiger partial charge >= 0.3 is 12.1 Å². The standard InChI is InChI=1S/C14H21NO5/c1-2-8-18-14(17)15-11-9-12(16)20-13(11)19-10-6-4-3-5-7-10/h2,10-11,13H,1,3-9H2,(H,15,17). The molecule has 20 heavy (non-hydrogen) atoms. The monoisotopic (exact) mass is 283 g/mol. The van der Waals surface area contributed by atoms with Crippen LogP contribution in [0, 0.1) is 0 Å². The molecule has 6 nitrogen and oxygen atoms in total. The molecule has 6 heteroatoms. The summed E-state index contributed by atoms with van der Waals surface area (Å²) in [6.45, 7) is 3.59. The van der Waals surface area contributed by atoms with Crippen molar-refractivity contribution in [1.29, 1.82) is 0 Å². The van der Waals surface area contributed by atoms with Gasteiger partial charge in [-0.1, -0.05) is 31.9 Å². The van der Waals surface area contributed by atoms with Crippen molar-refractivity contribution in [1.82, 2.24) is 5.32 Å². The number of alkyl carbamates (subject to hydrolysis) is 1. The van der Waals surface area contributed by atoms with E-state index in [9.17, 15) is 9.59 Å². The largest absolute Gasteiger partial charge is 0.445 e. The zero-order chi connectivity index (χ0) is 14.4. The van der Waals surface area contributed by atoms with Gasteiger partial charge in [0.15, 0.2) is 0 Å². The van der Waals surface area contributed by atoms with Crippen LogP contribution in [0.4, 0.5) is 4.79 Å². The fourth-order valence-electron chi connectivity index (χ4n) is 2.50. The second-order valence-electron chi connectivity index (χ2n) is 5.10. The molecular weight excluding hydrogens is 262 g/mol. The van der Waals surface area contributed by atoms with Crippen molar-refractivity contribution in [3.8, 4) is 0 Å². The van der Waals surface area contributed by atoms with Crippen LogP contribution in [0.15, 0.2) is 12.7 Å². The molecule has 0 aromatic heterocycles. The van der Waals surface area contributed by atoms with Crippen molar-refractivity contribution in [3.05, 3.63) is 12.7 Å². The molecule has 0 spiro atoms. The highest BCUT2D eigenvalue weighted by Crippen LogP contribution is 2.25. The fourth-order valence-corrected chi connectivity index (χ4v) is 2.50. The summed E-state index contributed by atoms with van der Waals surface area (Å²) in [7, 11) is 0. The summed E-state index contributed by atoms with van der Waals surface area (Å²) in [4.78, 5) is 22.9. The van der Waals surface area contributed by atoms with Crippen LogP contribution in [0.3, 0.4) is 0 Å². The van der Waals surface area contributed by atoms with Crippen LogP contribution in [0.25, 0.3) is 0 Å². The molecule has 0 aromatic carbocycles. The van der Waals surface area contributed by atoms with E-state index in [4.69, 9.17) is 14.2 Å². The second kappa shape index (κ2) is 7.28. The van der Waals surface area contributed by atoms with Gasteiger partial charge in [-0.25, -0.2) is 4.79 Å². The minimum Gasteiger partial charge on any atom is -0.445 e. The van der Waals surface area contributed by atoms with Gasteiger partial charge in [-0.05, 0) is 12.8 Å². The number of esters is 1. The third kappa shape index (κ3) is 4.23. The molecule has 112 valence electrons. The lowest BCUT2D eigenvalue weighted by atomic mass is 9.98. The van der Waals surface area contributed by atoms with Crippen LogP contribution in [0.2, 0.25) is 0 Å². The Morgan fingerprint density at radius 2 is 2.15 bits per heavy atom. The van der Waals surface area contributed by atoms with Gasteiger partial charge in [0.2, 0.25) is 6.29 Å². The normalized spacial score (nSPS) is 26.9. The minimum absolute atomic E-state index is 0.105. The Kier molecular flexibility index (Phi) is 5.40. The van der Waals surface area contributed by atoms with Crippen molar-refractivity contribution >= 4 is 12.1 Å². The Morgan fingerprint density at radius 3 is 2.85 bits per heavy atom. The molecule has 2 fully saturated rings. The summed E-state index contributed by atoms with van der Waals surface area (Å²) in [5, 5.41) is 2.60. The van der Waals surface area contributed by atoms with E-state index in [1.807, 2.05) is 0 Å². The zero-order valence-electron chi connectivity index (χ0n) is 11.5. The number of nitrogens with one attached hydrogen (secondary N) is 1. The molecule has 2 aliphatic rings. The van der Waals surface area contributed by atoms with Crippen molar-refractivity contribution in [2.45, 2.75) is 57.0 Å². The third-order valence-corrected chi connectivity index (χ3v) is 3.48. The first-order valence-electron chi connectivity index (χ1n) is 7.08. The number of rotatable bonds is 5. The molecule has 1 N–H and O–H groups in total. The number of cyclic esters (lactones) is 1. The summed E-state index contributed by atoms with van der Waals surface area (Å²) in [6, 6.07) is -0.484. The molecular formula is C14H21NO5. The first-order valence-corrected chi connectivity index (χ1v) is 7.08. The van der Waals surface area contributed by atoms with Crippen LogP contribution >= 0.6 is 0 Å². The van der Waals surface area contributed by atoms with Gasteiger partial charge in [-0.2, -0.15) is 0 Å². The SMILES string of the molecule is C=CCOC(=O)NC1CC(=O)OC1OC1CCCCC1. The van der Waals surface area contributed by atoms with Crippen molar-refractivity contribution in [3.63, 3.8) is 0 Å². The van der Waals surface area contributed by atoms with Gasteiger partial charge in [0.1, 0.15) is 12.6 Å². The summed E-state index contributed by atoms with van der Waals surface area (Å²) in [5.41, 5.74) is 0. The highest BCUT2D eigenvalue weighted by Gasteiger charge is 2.38. The van der Waals surface area contributed by atoms with Crippen molar-refractivity contribution in [2.24, 2.45) is 0 Å². The van der Waals surface area contributed by atoms with Gasteiger partial charge in [0, 0.05) is 0 Å². The number of carbonyl (C=O) groups is 2. The molecule has 0 aromatic rings. The van der Waals surface area contributed by atoms with Crippen molar-refractivity contribution < 1.29 is 23.8 Å². The molecule has 2 unspecified atom stereocenters. The van der Waals surface area contributed by atoms with Crippen LogP contribution in [0.1, 0.15) is 38.5 Å². The average molecular weight is 283 g/mol. The molecule has 1 heterocycles.